The Hall–Kier alpha value is -0.610. The molecule has 5 atom stereocenters. The van der Waals surface area contributed by atoms with Gasteiger partial charge in [-0.3, -0.25) is 9.69 Å². The van der Waals surface area contributed by atoms with Crippen LogP contribution >= 0.6 is 0 Å². The van der Waals surface area contributed by atoms with Gasteiger partial charge in [-0.1, -0.05) is 13.3 Å². The lowest BCUT2D eigenvalue weighted by molar-refractivity contribution is -0.149. The summed E-state index contributed by atoms with van der Waals surface area (Å²) in [6, 6.07) is 0.239. The van der Waals surface area contributed by atoms with Gasteiger partial charge in [0.25, 0.3) is 0 Å². The van der Waals surface area contributed by atoms with Gasteiger partial charge in [0, 0.05) is 19.1 Å². The number of hydrogen-bond donors (Lipinski definition) is 1. The van der Waals surface area contributed by atoms with Crippen molar-refractivity contribution in [2.45, 2.75) is 63.7 Å². The fraction of sp³-hybridized carbons (Fsp3) is 0.933. The van der Waals surface area contributed by atoms with E-state index in [1.165, 1.54) is 6.42 Å². The predicted octanol–water partition coefficient (Wildman–Crippen LogP) is 2.13. The minimum atomic E-state index is -0.599. The summed E-state index contributed by atoms with van der Waals surface area (Å²) in [5.74, 6) is -0.0558. The smallest absolute Gasteiger partial charge is 0.308 e. The first kappa shape index (κ1) is 13.4. The number of carboxylic acid groups (broad SMARTS) is 1. The summed E-state index contributed by atoms with van der Waals surface area (Å²) < 4.78 is 5.88. The van der Waals surface area contributed by atoms with Gasteiger partial charge >= 0.3 is 5.97 Å². The molecule has 0 amide bonds. The van der Waals surface area contributed by atoms with Gasteiger partial charge in [-0.15, -0.1) is 0 Å². The number of morpholine rings is 1. The number of carboxylic acids is 1. The number of aliphatic carboxylic acids is 1. The summed E-state index contributed by atoms with van der Waals surface area (Å²) in [7, 11) is 0. The van der Waals surface area contributed by atoms with E-state index in [2.05, 4.69) is 11.8 Å². The standard InChI is InChI=1S/C15H25NO3/c1-2-10-3-6-13(15(17)18)14(7-10)16-8-11-4-5-12(9-16)19-11/h10-14H,2-9H2,1H3,(H,17,18). The Morgan fingerprint density at radius 3 is 2.47 bits per heavy atom. The summed E-state index contributed by atoms with van der Waals surface area (Å²) in [5, 5.41) is 9.49. The number of ether oxygens (including phenoxy) is 1. The van der Waals surface area contributed by atoms with Gasteiger partial charge in [-0.05, 0) is 38.0 Å². The Balaban J connectivity index is 1.72. The molecule has 3 fully saturated rings. The molecule has 2 heterocycles. The Kier molecular flexibility index (Phi) is 3.81. The second kappa shape index (κ2) is 5.41. The van der Waals surface area contributed by atoms with E-state index in [-0.39, 0.29) is 12.0 Å². The highest BCUT2D eigenvalue weighted by Crippen LogP contribution is 2.37. The molecule has 1 N–H and O–H groups in total. The van der Waals surface area contributed by atoms with E-state index >= 15 is 0 Å². The normalized spacial score (nSPS) is 43.3. The van der Waals surface area contributed by atoms with Crippen LogP contribution in [0.15, 0.2) is 0 Å². The third-order valence-electron chi connectivity index (χ3n) is 5.36. The zero-order valence-corrected chi connectivity index (χ0v) is 11.8. The monoisotopic (exact) mass is 267 g/mol. The number of carbonyl (C=O) groups is 1. The highest BCUT2D eigenvalue weighted by Gasteiger charge is 2.43. The molecule has 0 aromatic rings. The highest BCUT2D eigenvalue weighted by atomic mass is 16.5. The van der Waals surface area contributed by atoms with Crippen LogP contribution in [0.3, 0.4) is 0 Å². The zero-order valence-electron chi connectivity index (χ0n) is 11.8. The van der Waals surface area contributed by atoms with E-state index in [1.54, 1.807) is 0 Å². The average Bonchev–Trinajstić information content (AvgIpc) is 2.76. The summed E-state index contributed by atoms with van der Waals surface area (Å²) in [6.45, 7) is 4.12. The van der Waals surface area contributed by atoms with Gasteiger partial charge in [0.1, 0.15) is 0 Å². The molecule has 5 unspecified atom stereocenters. The molecule has 2 aliphatic heterocycles. The first-order chi connectivity index (χ1) is 9.17. The molecule has 3 aliphatic rings. The van der Waals surface area contributed by atoms with Gasteiger partial charge in [0.05, 0.1) is 18.1 Å². The van der Waals surface area contributed by atoms with Crippen LogP contribution in [0, 0.1) is 11.8 Å². The maximum Gasteiger partial charge on any atom is 0.308 e. The lowest BCUT2D eigenvalue weighted by Gasteiger charge is -2.44. The van der Waals surface area contributed by atoms with Crippen LogP contribution in [-0.2, 0) is 9.53 Å². The summed E-state index contributed by atoms with van der Waals surface area (Å²) in [4.78, 5) is 14.0. The predicted molar refractivity (Wildman–Crippen MR) is 72.0 cm³/mol. The van der Waals surface area contributed by atoms with E-state index in [0.29, 0.717) is 18.1 Å². The molecule has 0 radical (unpaired) electrons. The number of rotatable bonds is 3. The summed E-state index contributed by atoms with van der Waals surface area (Å²) in [5.41, 5.74) is 0. The topological polar surface area (TPSA) is 49.8 Å². The van der Waals surface area contributed by atoms with Crippen molar-refractivity contribution in [2.24, 2.45) is 11.8 Å². The molecule has 0 aromatic heterocycles. The van der Waals surface area contributed by atoms with Crippen LogP contribution in [0.1, 0.15) is 45.4 Å². The van der Waals surface area contributed by atoms with Crippen molar-refractivity contribution in [2.75, 3.05) is 13.1 Å². The van der Waals surface area contributed by atoms with Crippen molar-refractivity contribution in [3.63, 3.8) is 0 Å². The highest BCUT2D eigenvalue weighted by molar-refractivity contribution is 5.71. The Morgan fingerprint density at radius 2 is 1.89 bits per heavy atom. The molecule has 108 valence electrons. The minimum absolute atomic E-state index is 0.166. The van der Waals surface area contributed by atoms with Crippen LogP contribution in [0.4, 0.5) is 0 Å². The molecule has 0 spiro atoms. The zero-order chi connectivity index (χ0) is 13.4. The second-order valence-corrected chi connectivity index (χ2v) is 6.51. The molecule has 4 nitrogen and oxygen atoms in total. The lowest BCUT2D eigenvalue weighted by Crippen LogP contribution is -2.53. The van der Waals surface area contributed by atoms with E-state index in [0.717, 1.165) is 45.2 Å². The molecular formula is C15H25NO3. The Labute approximate surface area is 115 Å². The van der Waals surface area contributed by atoms with Crippen LogP contribution in [0.5, 0.6) is 0 Å². The van der Waals surface area contributed by atoms with E-state index < -0.39 is 5.97 Å². The van der Waals surface area contributed by atoms with Gasteiger partial charge in [-0.2, -0.15) is 0 Å². The average molecular weight is 267 g/mol. The fourth-order valence-corrected chi connectivity index (χ4v) is 4.21. The Morgan fingerprint density at radius 1 is 1.21 bits per heavy atom. The molecule has 1 saturated carbocycles. The molecular weight excluding hydrogens is 242 g/mol. The summed E-state index contributed by atoms with van der Waals surface area (Å²) in [6.07, 6.45) is 7.20. The maximum atomic E-state index is 11.5. The molecule has 3 rings (SSSR count). The van der Waals surface area contributed by atoms with Crippen molar-refractivity contribution in [3.8, 4) is 0 Å². The summed E-state index contributed by atoms with van der Waals surface area (Å²) >= 11 is 0. The van der Waals surface area contributed by atoms with Crippen LogP contribution in [0.25, 0.3) is 0 Å². The fourth-order valence-electron chi connectivity index (χ4n) is 4.21. The molecule has 4 heteroatoms. The Bertz CT molecular complexity index is 334. The number of nitrogens with zero attached hydrogens (tertiary/aromatic N) is 1. The molecule has 19 heavy (non-hydrogen) atoms. The SMILES string of the molecule is CCC1CCC(C(=O)O)C(N2CC3CCC(C2)O3)C1. The van der Waals surface area contributed by atoms with Crippen molar-refractivity contribution in [1.82, 2.24) is 4.90 Å². The molecule has 2 saturated heterocycles. The lowest BCUT2D eigenvalue weighted by atomic mass is 9.76. The molecule has 0 aromatic carbocycles. The van der Waals surface area contributed by atoms with Gasteiger partial charge < -0.3 is 9.84 Å². The molecule has 1 aliphatic carbocycles. The third kappa shape index (κ3) is 2.65. The number of likely N-dealkylation sites (tertiary alicyclic amines) is 1. The van der Waals surface area contributed by atoms with Crippen molar-refractivity contribution in [3.05, 3.63) is 0 Å². The second-order valence-electron chi connectivity index (χ2n) is 6.51. The first-order valence-corrected chi connectivity index (χ1v) is 7.79. The van der Waals surface area contributed by atoms with E-state index in [4.69, 9.17) is 4.74 Å². The van der Waals surface area contributed by atoms with E-state index in [1.807, 2.05) is 0 Å². The van der Waals surface area contributed by atoms with Gasteiger partial charge in [-0.25, -0.2) is 0 Å². The minimum Gasteiger partial charge on any atom is -0.481 e. The van der Waals surface area contributed by atoms with Crippen LogP contribution in [-0.4, -0.2) is 47.3 Å². The largest absolute Gasteiger partial charge is 0.481 e. The van der Waals surface area contributed by atoms with Gasteiger partial charge in [0.15, 0.2) is 0 Å². The van der Waals surface area contributed by atoms with Crippen LogP contribution in [0.2, 0.25) is 0 Å². The van der Waals surface area contributed by atoms with Gasteiger partial charge in [0.2, 0.25) is 0 Å². The quantitative estimate of drug-likeness (QED) is 0.851. The number of hydrogen-bond acceptors (Lipinski definition) is 3. The molecule has 2 bridgehead atoms. The van der Waals surface area contributed by atoms with Crippen molar-refractivity contribution in [1.29, 1.82) is 0 Å². The van der Waals surface area contributed by atoms with E-state index in [9.17, 15) is 9.90 Å². The van der Waals surface area contributed by atoms with Crippen molar-refractivity contribution < 1.29 is 14.6 Å². The first-order valence-electron chi connectivity index (χ1n) is 7.79. The number of fused-ring (bicyclic) bond motifs is 2. The van der Waals surface area contributed by atoms with Crippen molar-refractivity contribution >= 4 is 5.97 Å². The maximum absolute atomic E-state index is 11.5. The van der Waals surface area contributed by atoms with Crippen LogP contribution < -0.4 is 0 Å². The third-order valence-corrected chi connectivity index (χ3v) is 5.36.